The summed E-state index contributed by atoms with van der Waals surface area (Å²) < 4.78 is 1.00. The standard InChI is InChI=1S/C24H34BrN5O/c1-14-10-15(2)29-24(31)22(14)13-28-16(3)21-11-17(25)12-23(20(21)8-9-26)30-19-6-4-18(27)5-7-19/h8-12,16,18-19,28,30H,4-7,13,26-27H2,1-3H3,(H,29,31)/b9-8-. The van der Waals surface area contributed by atoms with Crippen molar-refractivity contribution in [2.45, 2.75) is 71.1 Å². The highest BCUT2D eigenvalue weighted by molar-refractivity contribution is 9.10. The predicted octanol–water partition coefficient (Wildman–Crippen LogP) is 4.22. The minimum Gasteiger partial charge on any atom is -0.405 e. The summed E-state index contributed by atoms with van der Waals surface area (Å²) >= 11 is 3.67. The van der Waals surface area contributed by atoms with Crippen molar-refractivity contribution in [2.75, 3.05) is 5.32 Å². The summed E-state index contributed by atoms with van der Waals surface area (Å²) in [4.78, 5) is 15.3. The molecule has 0 aliphatic heterocycles. The summed E-state index contributed by atoms with van der Waals surface area (Å²) in [6.45, 7) is 6.47. The highest BCUT2D eigenvalue weighted by Gasteiger charge is 2.21. The first-order chi connectivity index (χ1) is 14.8. The molecule has 31 heavy (non-hydrogen) atoms. The van der Waals surface area contributed by atoms with Crippen molar-refractivity contribution < 1.29 is 0 Å². The Morgan fingerprint density at radius 3 is 2.58 bits per heavy atom. The largest absolute Gasteiger partial charge is 0.405 e. The minimum atomic E-state index is -0.0358. The number of hydrogen-bond acceptors (Lipinski definition) is 5. The lowest BCUT2D eigenvalue weighted by atomic mass is 9.91. The van der Waals surface area contributed by atoms with Crippen molar-refractivity contribution in [3.05, 3.63) is 67.2 Å². The number of nitrogens with one attached hydrogen (secondary N) is 3. The van der Waals surface area contributed by atoms with Gasteiger partial charge in [0, 0.05) is 51.7 Å². The molecular weight excluding hydrogens is 454 g/mol. The van der Waals surface area contributed by atoms with Crippen LogP contribution in [0.4, 0.5) is 5.69 Å². The summed E-state index contributed by atoms with van der Waals surface area (Å²) in [5.41, 5.74) is 17.7. The number of H-pyrrole nitrogens is 1. The van der Waals surface area contributed by atoms with E-state index in [9.17, 15) is 4.79 Å². The van der Waals surface area contributed by atoms with E-state index in [4.69, 9.17) is 11.5 Å². The van der Waals surface area contributed by atoms with E-state index < -0.39 is 0 Å². The molecule has 0 radical (unpaired) electrons. The van der Waals surface area contributed by atoms with Gasteiger partial charge in [0.2, 0.25) is 0 Å². The summed E-state index contributed by atoms with van der Waals surface area (Å²) in [6, 6.07) is 6.96. The van der Waals surface area contributed by atoms with Crippen LogP contribution in [0.25, 0.3) is 6.08 Å². The van der Waals surface area contributed by atoms with E-state index in [1.54, 1.807) is 6.20 Å². The number of aromatic nitrogens is 1. The van der Waals surface area contributed by atoms with Gasteiger partial charge in [-0.2, -0.15) is 0 Å². The number of halogens is 1. The summed E-state index contributed by atoms with van der Waals surface area (Å²) in [5, 5.41) is 7.23. The lowest BCUT2D eigenvalue weighted by molar-refractivity contribution is 0.411. The molecule has 1 fully saturated rings. The minimum absolute atomic E-state index is 0.0177. The molecule has 0 spiro atoms. The number of rotatable bonds is 7. The zero-order chi connectivity index (χ0) is 22.5. The molecule has 0 bridgehead atoms. The van der Waals surface area contributed by atoms with Gasteiger partial charge < -0.3 is 27.1 Å². The molecule has 1 atom stereocenters. The Balaban J connectivity index is 1.84. The first kappa shape index (κ1) is 23.6. The van der Waals surface area contributed by atoms with E-state index in [-0.39, 0.29) is 11.6 Å². The van der Waals surface area contributed by atoms with Gasteiger partial charge in [0.15, 0.2) is 0 Å². The summed E-state index contributed by atoms with van der Waals surface area (Å²) in [6.07, 6.45) is 7.75. The Morgan fingerprint density at radius 1 is 1.23 bits per heavy atom. The van der Waals surface area contributed by atoms with Gasteiger partial charge in [-0.15, -0.1) is 0 Å². The normalized spacial score (nSPS) is 20.2. The monoisotopic (exact) mass is 487 g/mol. The van der Waals surface area contributed by atoms with Crippen LogP contribution in [0.3, 0.4) is 0 Å². The number of aromatic amines is 1. The molecule has 7 N–H and O–H groups in total. The van der Waals surface area contributed by atoms with E-state index in [1.807, 2.05) is 26.0 Å². The molecule has 1 aromatic heterocycles. The summed E-state index contributed by atoms with van der Waals surface area (Å²) in [7, 11) is 0. The second-order valence-corrected chi connectivity index (χ2v) is 9.53. The molecule has 1 unspecified atom stereocenters. The van der Waals surface area contributed by atoms with Crippen LogP contribution in [0.15, 0.2) is 33.7 Å². The maximum atomic E-state index is 12.4. The SMILES string of the molecule is Cc1cc(C)c(CNC(C)c2cc(Br)cc(NC3CCC(N)CC3)c2/C=C\N)c(=O)[nH]1. The maximum Gasteiger partial charge on any atom is 0.252 e. The number of pyridine rings is 1. The molecule has 1 heterocycles. The highest BCUT2D eigenvalue weighted by atomic mass is 79.9. The van der Waals surface area contributed by atoms with Crippen molar-refractivity contribution >= 4 is 27.7 Å². The van der Waals surface area contributed by atoms with E-state index in [0.29, 0.717) is 18.6 Å². The topological polar surface area (TPSA) is 109 Å². The Hall–Kier alpha value is -2.09. The van der Waals surface area contributed by atoms with Crippen LogP contribution in [0.2, 0.25) is 0 Å². The average Bonchev–Trinajstić information content (AvgIpc) is 2.70. The van der Waals surface area contributed by atoms with Gasteiger partial charge in [-0.05, 0) is 88.1 Å². The van der Waals surface area contributed by atoms with Gasteiger partial charge in [-0.1, -0.05) is 15.9 Å². The Kier molecular flexibility index (Phi) is 7.97. The van der Waals surface area contributed by atoms with Gasteiger partial charge >= 0.3 is 0 Å². The second kappa shape index (κ2) is 10.5. The van der Waals surface area contributed by atoms with E-state index >= 15 is 0 Å². The van der Waals surface area contributed by atoms with E-state index in [2.05, 4.69) is 50.6 Å². The first-order valence-corrected chi connectivity index (χ1v) is 11.7. The number of aryl methyl sites for hydroxylation is 2. The molecule has 7 heteroatoms. The number of hydrogen-bond donors (Lipinski definition) is 5. The van der Waals surface area contributed by atoms with Gasteiger partial charge in [0.1, 0.15) is 0 Å². The smallest absolute Gasteiger partial charge is 0.252 e. The molecule has 1 aliphatic rings. The zero-order valence-corrected chi connectivity index (χ0v) is 20.2. The molecule has 0 amide bonds. The third-order valence-corrected chi connectivity index (χ3v) is 6.57. The van der Waals surface area contributed by atoms with Crippen molar-refractivity contribution in [3.63, 3.8) is 0 Å². The average molecular weight is 488 g/mol. The van der Waals surface area contributed by atoms with Crippen LogP contribution >= 0.6 is 15.9 Å². The van der Waals surface area contributed by atoms with E-state index in [0.717, 1.165) is 63.8 Å². The first-order valence-electron chi connectivity index (χ1n) is 10.9. The molecular formula is C24H34BrN5O. The second-order valence-electron chi connectivity index (χ2n) is 8.62. The molecule has 2 aromatic rings. The van der Waals surface area contributed by atoms with Gasteiger partial charge in [0.05, 0.1) is 0 Å². The highest BCUT2D eigenvalue weighted by Crippen LogP contribution is 2.33. The Bertz CT molecular complexity index is 992. The third kappa shape index (κ3) is 5.99. The number of anilines is 1. The molecule has 3 rings (SSSR count). The van der Waals surface area contributed by atoms with Crippen LogP contribution < -0.4 is 27.7 Å². The molecule has 0 saturated heterocycles. The number of nitrogens with two attached hydrogens (primary N) is 2. The number of benzene rings is 1. The van der Waals surface area contributed by atoms with Gasteiger partial charge in [0.25, 0.3) is 5.56 Å². The lowest BCUT2D eigenvalue weighted by Crippen LogP contribution is -2.33. The fourth-order valence-electron chi connectivity index (χ4n) is 4.35. The van der Waals surface area contributed by atoms with Crippen LogP contribution in [0.1, 0.15) is 66.6 Å². The van der Waals surface area contributed by atoms with Gasteiger partial charge in [-0.25, -0.2) is 0 Å². The van der Waals surface area contributed by atoms with Crippen LogP contribution in [0, 0.1) is 13.8 Å². The molecule has 1 aliphatic carbocycles. The third-order valence-electron chi connectivity index (χ3n) is 6.12. The van der Waals surface area contributed by atoms with Gasteiger partial charge in [-0.3, -0.25) is 4.79 Å². The van der Waals surface area contributed by atoms with E-state index in [1.165, 1.54) is 0 Å². The van der Waals surface area contributed by atoms with Crippen LogP contribution in [-0.2, 0) is 6.54 Å². The van der Waals surface area contributed by atoms with Crippen LogP contribution in [-0.4, -0.2) is 17.1 Å². The molecule has 1 saturated carbocycles. The Morgan fingerprint density at radius 2 is 1.94 bits per heavy atom. The van der Waals surface area contributed by atoms with Crippen LogP contribution in [0.5, 0.6) is 0 Å². The Labute approximate surface area is 193 Å². The quantitative estimate of drug-likeness (QED) is 0.401. The van der Waals surface area contributed by atoms with Crippen molar-refractivity contribution in [1.29, 1.82) is 0 Å². The molecule has 1 aromatic carbocycles. The predicted molar refractivity (Wildman–Crippen MR) is 133 cm³/mol. The van der Waals surface area contributed by atoms with Crippen molar-refractivity contribution in [3.8, 4) is 0 Å². The summed E-state index contributed by atoms with van der Waals surface area (Å²) in [5.74, 6) is 0. The zero-order valence-electron chi connectivity index (χ0n) is 18.6. The van der Waals surface area contributed by atoms with Crippen molar-refractivity contribution in [2.24, 2.45) is 11.5 Å². The molecule has 6 nitrogen and oxygen atoms in total. The fourth-order valence-corrected chi connectivity index (χ4v) is 4.82. The fraction of sp³-hybridized carbons (Fsp3) is 0.458. The lowest BCUT2D eigenvalue weighted by Gasteiger charge is -2.29. The van der Waals surface area contributed by atoms with Crippen molar-refractivity contribution in [1.82, 2.24) is 10.3 Å². The molecule has 168 valence electrons. The maximum absolute atomic E-state index is 12.4.